The van der Waals surface area contributed by atoms with Gasteiger partial charge in [-0.2, -0.15) is 0 Å². The number of nitrogens with two attached hydrogens (primary N) is 1. The fourth-order valence-electron chi connectivity index (χ4n) is 5.79. The van der Waals surface area contributed by atoms with E-state index < -0.39 is 63.5 Å². The lowest BCUT2D eigenvalue weighted by atomic mass is 9.83. The smallest absolute Gasteiger partial charge is 0.316 e. The minimum absolute atomic E-state index is 0.102. The summed E-state index contributed by atoms with van der Waals surface area (Å²) >= 11 is 12.9. The van der Waals surface area contributed by atoms with E-state index in [2.05, 4.69) is 22.5 Å². The molecule has 2 saturated carbocycles. The number of ketones is 1. The third kappa shape index (κ3) is 7.06. The Labute approximate surface area is 240 Å². The topological polar surface area (TPSA) is 151 Å². The molecule has 1 heterocycles. The Morgan fingerprint density at radius 3 is 2.33 bits per heavy atom. The van der Waals surface area contributed by atoms with E-state index >= 15 is 0 Å². The molecule has 39 heavy (non-hydrogen) atoms. The van der Waals surface area contributed by atoms with Gasteiger partial charge >= 0.3 is 6.03 Å². The van der Waals surface area contributed by atoms with Crippen LogP contribution in [-0.2, 0) is 19.2 Å². The van der Waals surface area contributed by atoms with Crippen molar-refractivity contribution in [2.24, 2.45) is 23.5 Å². The van der Waals surface area contributed by atoms with E-state index in [1.54, 1.807) is 19.9 Å². The largest absolute Gasteiger partial charge is 0.363 e. The van der Waals surface area contributed by atoms with Gasteiger partial charge in [0.05, 0.1) is 11.6 Å². The zero-order valence-corrected chi connectivity index (χ0v) is 24.4. The quantitative estimate of drug-likeness (QED) is 0.158. The molecule has 1 saturated heterocycles. The van der Waals surface area contributed by atoms with Crippen molar-refractivity contribution < 1.29 is 24.0 Å². The van der Waals surface area contributed by atoms with Crippen LogP contribution < -0.4 is 21.7 Å². The highest BCUT2D eigenvalue weighted by Gasteiger charge is 2.74. The SMILES string of the molecule is C=CC(C)(C)NC(=O)N[C@H](C(=O)N1C[C@H]2C([C@H]1C(=O)NC(CCCC)C(=O)C(N)=O)C2(Cl)Cl)C1CCCCC1. The van der Waals surface area contributed by atoms with Crippen LogP contribution in [0.1, 0.15) is 72.1 Å². The van der Waals surface area contributed by atoms with Crippen LogP contribution in [0.2, 0.25) is 0 Å². The van der Waals surface area contributed by atoms with Gasteiger partial charge in [-0.3, -0.25) is 19.2 Å². The summed E-state index contributed by atoms with van der Waals surface area (Å²) in [5.74, 6) is -4.02. The van der Waals surface area contributed by atoms with Crippen LogP contribution in [0.4, 0.5) is 4.79 Å². The minimum atomic E-state index is -1.19. The van der Waals surface area contributed by atoms with Crippen LogP contribution >= 0.6 is 23.2 Å². The number of nitrogens with one attached hydrogen (secondary N) is 3. The molecule has 10 nitrogen and oxygen atoms in total. The van der Waals surface area contributed by atoms with Crippen molar-refractivity contribution in [2.75, 3.05) is 6.54 Å². The molecule has 0 bridgehead atoms. The van der Waals surface area contributed by atoms with Crippen LogP contribution in [0.25, 0.3) is 0 Å². The molecule has 5 amide bonds. The summed E-state index contributed by atoms with van der Waals surface area (Å²) < 4.78 is -1.19. The second-order valence-corrected chi connectivity index (χ2v) is 13.0. The van der Waals surface area contributed by atoms with Gasteiger partial charge in [-0.15, -0.1) is 29.8 Å². The molecule has 5 N–H and O–H groups in total. The number of Topliss-reactive ketones (excluding diaryl/α,β-unsaturated/α-hetero) is 1. The number of carbonyl (C=O) groups is 5. The number of piperidine rings is 1. The van der Waals surface area contributed by atoms with E-state index in [4.69, 9.17) is 28.9 Å². The second kappa shape index (κ2) is 12.5. The number of hydrogen-bond donors (Lipinski definition) is 4. The van der Waals surface area contributed by atoms with Crippen LogP contribution in [0, 0.1) is 17.8 Å². The van der Waals surface area contributed by atoms with Crippen LogP contribution in [0.15, 0.2) is 12.7 Å². The zero-order valence-electron chi connectivity index (χ0n) is 22.9. The number of fused-ring (bicyclic) bond motifs is 1. The van der Waals surface area contributed by atoms with Gasteiger partial charge in [0.15, 0.2) is 0 Å². The number of nitrogens with zero attached hydrogens (tertiary/aromatic N) is 1. The normalized spacial score (nSPS) is 25.6. The van der Waals surface area contributed by atoms with E-state index in [1.807, 2.05) is 6.92 Å². The molecule has 0 aromatic heterocycles. The second-order valence-electron chi connectivity index (χ2n) is 11.6. The summed E-state index contributed by atoms with van der Waals surface area (Å²) in [7, 11) is 0. The molecule has 1 aliphatic heterocycles. The van der Waals surface area contributed by atoms with Gasteiger partial charge in [-0.25, -0.2) is 4.79 Å². The first-order valence-electron chi connectivity index (χ1n) is 13.8. The number of urea groups is 1. The molecule has 12 heteroatoms. The van der Waals surface area contributed by atoms with Crippen LogP contribution in [-0.4, -0.2) is 69.0 Å². The molecule has 2 unspecified atom stereocenters. The molecular formula is C27H41Cl2N5O5. The van der Waals surface area contributed by atoms with Crippen LogP contribution in [0.5, 0.6) is 0 Å². The lowest BCUT2D eigenvalue weighted by Crippen LogP contribution is -2.61. The van der Waals surface area contributed by atoms with Gasteiger partial charge < -0.3 is 26.6 Å². The molecular weight excluding hydrogens is 545 g/mol. The average Bonchev–Trinajstić information content (AvgIpc) is 3.21. The Hall–Kier alpha value is -2.33. The maximum atomic E-state index is 14.1. The first kappa shape index (κ1) is 31.2. The van der Waals surface area contributed by atoms with E-state index in [1.165, 1.54) is 4.90 Å². The summed E-state index contributed by atoms with van der Waals surface area (Å²) in [4.78, 5) is 66.0. The van der Waals surface area contributed by atoms with E-state index in [-0.39, 0.29) is 24.8 Å². The van der Waals surface area contributed by atoms with Gasteiger partial charge in [0.2, 0.25) is 17.6 Å². The summed E-state index contributed by atoms with van der Waals surface area (Å²) in [6.07, 6.45) is 7.61. The molecule has 0 aromatic rings. The zero-order chi connectivity index (χ0) is 29.1. The highest BCUT2D eigenvalue weighted by Crippen LogP contribution is 2.65. The van der Waals surface area contributed by atoms with Crippen LogP contribution in [0.3, 0.4) is 0 Å². The lowest BCUT2D eigenvalue weighted by molar-refractivity contribution is -0.144. The van der Waals surface area contributed by atoms with Crippen molar-refractivity contribution in [3.63, 3.8) is 0 Å². The summed E-state index contributed by atoms with van der Waals surface area (Å²) in [6.45, 7) is 9.36. The van der Waals surface area contributed by atoms with E-state index in [0.29, 0.717) is 6.42 Å². The predicted molar refractivity (Wildman–Crippen MR) is 149 cm³/mol. The number of hydrogen-bond acceptors (Lipinski definition) is 5. The first-order valence-corrected chi connectivity index (χ1v) is 14.5. The Morgan fingerprint density at radius 2 is 1.77 bits per heavy atom. The standard InChI is InChI=1S/C27H41Cl2N5O5/c1-5-7-13-17(21(35)22(30)36)31-23(37)20-18-16(27(18,28)29)14-34(20)24(38)19(15-11-9-8-10-12-15)32-25(39)33-26(3,4)6-2/h6,15-20H,2,5,7-14H2,1,3-4H3,(H2,30,36)(H,31,37)(H2,32,33,39)/t16-,17?,18?,19-,20-/m0/s1. The molecule has 3 rings (SSSR count). The molecule has 3 fully saturated rings. The maximum Gasteiger partial charge on any atom is 0.316 e. The molecule has 218 valence electrons. The van der Waals surface area contributed by atoms with Gasteiger partial charge in [0.25, 0.3) is 5.91 Å². The molecule has 3 aliphatic rings. The minimum Gasteiger partial charge on any atom is -0.363 e. The Morgan fingerprint density at radius 1 is 1.13 bits per heavy atom. The number of amides is 5. The Kier molecular flexibility index (Phi) is 9.97. The Bertz CT molecular complexity index is 997. The fourth-order valence-corrected chi connectivity index (χ4v) is 6.61. The summed E-state index contributed by atoms with van der Waals surface area (Å²) in [5.41, 5.74) is 4.52. The number of likely N-dealkylation sites (tertiary alicyclic amines) is 1. The van der Waals surface area contributed by atoms with Gasteiger partial charge in [0, 0.05) is 18.4 Å². The highest BCUT2D eigenvalue weighted by molar-refractivity contribution is 6.51. The van der Waals surface area contributed by atoms with Crippen molar-refractivity contribution in [3.05, 3.63) is 12.7 Å². The summed E-state index contributed by atoms with van der Waals surface area (Å²) in [6, 6.07) is -3.53. The predicted octanol–water partition coefficient (Wildman–Crippen LogP) is 2.56. The third-order valence-corrected chi connectivity index (χ3v) is 9.29. The lowest BCUT2D eigenvalue weighted by Gasteiger charge is -2.37. The maximum absolute atomic E-state index is 14.1. The number of rotatable bonds is 12. The molecule has 0 radical (unpaired) electrons. The first-order chi connectivity index (χ1) is 18.2. The van der Waals surface area contributed by atoms with Gasteiger partial charge in [0.1, 0.15) is 16.4 Å². The monoisotopic (exact) mass is 585 g/mol. The third-order valence-electron chi connectivity index (χ3n) is 8.23. The molecule has 5 atom stereocenters. The number of alkyl halides is 2. The van der Waals surface area contributed by atoms with Crippen molar-refractivity contribution in [2.45, 2.75) is 100 Å². The number of primary amides is 1. The van der Waals surface area contributed by atoms with E-state index in [0.717, 1.165) is 38.5 Å². The highest BCUT2D eigenvalue weighted by atomic mass is 35.5. The van der Waals surface area contributed by atoms with E-state index in [9.17, 15) is 24.0 Å². The number of carbonyl (C=O) groups excluding carboxylic acids is 5. The summed E-state index contributed by atoms with van der Waals surface area (Å²) in [5, 5.41) is 8.32. The molecule has 0 spiro atoms. The molecule has 2 aliphatic carbocycles. The van der Waals surface area contributed by atoms with Crippen molar-refractivity contribution in [3.8, 4) is 0 Å². The van der Waals surface area contributed by atoms with Crippen molar-refractivity contribution in [1.29, 1.82) is 0 Å². The van der Waals surface area contributed by atoms with Crippen molar-refractivity contribution >= 4 is 52.7 Å². The fraction of sp³-hybridized carbons (Fsp3) is 0.741. The number of halogens is 2. The molecule has 0 aromatic carbocycles. The van der Waals surface area contributed by atoms with Gasteiger partial charge in [-0.05, 0) is 39.0 Å². The average molecular weight is 587 g/mol. The Balaban J connectivity index is 1.85. The van der Waals surface area contributed by atoms with Gasteiger partial charge in [-0.1, -0.05) is 45.1 Å². The van der Waals surface area contributed by atoms with Crippen molar-refractivity contribution in [1.82, 2.24) is 20.9 Å². The number of unbranched alkanes of at least 4 members (excludes halogenated alkanes) is 1.